The molecule has 0 aromatic carbocycles. The van der Waals surface area contributed by atoms with E-state index in [2.05, 4.69) is 33.0 Å². The van der Waals surface area contributed by atoms with Gasteiger partial charge in [-0.3, -0.25) is 4.79 Å². The van der Waals surface area contributed by atoms with Crippen molar-refractivity contribution in [1.29, 1.82) is 0 Å². The second-order valence-corrected chi connectivity index (χ2v) is 9.52. The highest BCUT2D eigenvalue weighted by Crippen LogP contribution is 2.18. The molecule has 1 amide bonds. The molecule has 0 aromatic rings. The predicted molar refractivity (Wildman–Crippen MR) is 110 cm³/mol. The lowest BCUT2D eigenvalue weighted by Crippen LogP contribution is -2.35. The Morgan fingerprint density at radius 2 is 1.46 bits per heavy atom. The summed E-state index contributed by atoms with van der Waals surface area (Å²) in [5.74, 6) is 0.906. The number of carbonyl (C=O) groups excluding carboxylic acids is 1. The molecule has 1 atom stereocenters. The van der Waals surface area contributed by atoms with Crippen molar-refractivity contribution in [2.75, 3.05) is 33.0 Å². The molecule has 0 saturated heterocycles. The molecule has 0 fully saturated rings. The topological polar surface area (TPSA) is 47.6 Å². The second-order valence-electron chi connectivity index (χ2n) is 9.52. The Hall–Kier alpha value is -0.610. The van der Waals surface area contributed by atoms with Crippen LogP contribution in [0.2, 0.25) is 0 Å². The lowest BCUT2D eigenvalue weighted by molar-refractivity contribution is -0.128. The van der Waals surface area contributed by atoms with Gasteiger partial charge >= 0.3 is 0 Å². The molecule has 0 aliphatic carbocycles. The molecule has 4 nitrogen and oxygen atoms in total. The number of unbranched alkanes of at least 4 members (excludes halogenated alkanes) is 1. The van der Waals surface area contributed by atoms with E-state index >= 15 is 0 Å². The maximum atomic E-state index is 11.8. The largest absolute Gasteiger partial charge is 0.381 e. The molecular formula is C22H45NO3. The van der Waals surface area contributed by atoms with E-state index in [1.165, 1.54) is 25.7 Å². The van der Waals surface area contributed by atoms with Crippen molar-refractivity contribution in [3.8, 4) is 0 Å². The molecule has 1 unspecified atom stereocenters. The summed E-state index contributed by atoms with van der Waals surface area (Å²) in [4.78, 5) is 11.8. The van der Waals surface area contributed by atoms with Crippen LogP contribution in [0, 0.1) is 16.7 Å². The Morgan fingerprint density at radius 1 is 0.923 bits per heavy atom. The van der Waals surface area contributed by atoms with Crippen LogP contribution in [0.1, 0.15) is 87.0 Å². The summed E-state index contributed by atoms with van der Waals surface area (Å²) in [6.07, 6.45) is 7.22. The molecule has 0 aliphatic rings. The van der Waals surface area contributed by atoms with Crippen LogP contribution in [0.15, 0.2) is 0 Å². The number of ether oxygens (including phenoxy) is 2. The van der Waals surface area contributed by atoms with Crippen LogP contribution in [0.4, 0.5) is 0 Å². The zero-order chi connectivity index (χ0) is 20.1. The summed E-state index contributed by atoms with van der Waals surface area (Å²) < 4.78 is 11.6. The molecular weight excluding hydrogens is 326 g/mol. The van der Waals surface area contributed by atoms with Gasteiger partial charge in [0.25, 0.3) is 0 Å². The highest BCUT2D eigenvalue weighted by molar-refractivity contribution is 5.81. The van der Waals surface area contributed by atoms with Gasteiger partial charge in [-0.1, -0.05) is 67.7 Å². The van der Waals surface area contributed by atoms with E-state index in [-0.39, 0.29) is 16.7 Å². The summed E-state index contributed by atoms with van der Waals surface area (Å²) in [7, 11) is 0. The maximum Gasteiger partial charge on any atom is 0.225 e. The van der Waals surface area contributed by atoms with Crippen molar-refractivity contribution in [2.24, 2.45) is 16.7 Å². The average molecular weight is 372 g/mol. The molecule has 0 heterocycles. The Bertz CT molecular complexity index is 361. The fourth-order valence-corrected chi connectivity index (χ4v) is 2.61. The van der Waals surface area contributed by atoms with Gasteiger partial charge in [0.2, 0.25) is 5.91 Å². The first-order valence-corrected chi connectivity index (χ1v) is 10.5. The zero-order valence-electron chi connectivity index (χ0n) is 18.6. The van der Waals surface area contributed by atoms with Gasteiger partial charge in [-0.25, -0.2) is 0 Å². The van der Waals surface area contributed by atoms with Gasteiger partial charge in [-0.05, 0) is 25.2 Å². The second kappa shape index (κ2) is 13.5. The monoisotopic (exact) mass is 371 g/mol. The van der Waals surface area contributed by atoms with Gasteiger partial charge < -0.3 is 14.8 Å². The van der Waals surface area contributed by atoms with Crippen LogP contribution < -0.4 is 5.32 Å². The lowest BCUT2D eigenvalue weighted by atomic mass is 9.96. The van der Waals surface area contributed by atoms with Crippen molar-refractivity contribution in [3.63, 3.8) is 0 Å². The first kappa shape index (κ1) is 25.4. The van der Waals surface area contributed by atoms with E-state index in [1.54, 1.807) is 0 Å². The summed E-state index contributed by atoms with van der Waals surface area (Å²) in [5, 5.41) is 2.95. The SMILES string of the molecule is CCCCC(C)CCCOCC(C)(C)COCCCNC(=O)C(C)(C)C. The van der Waals surface area contributed by atoms with Gasteiger partial charge in [0.15, 0.2) is 0 Å². The fourth-order valence-electron chi connectivity index (χ4n) is 2.61. The summed E-state index contributed by atoms with van der Waals surface area (Å²) in [6.45, 7) is 18.3. The molecule has 0 bridgehead atoms. The van der Waals surface area contributed by atoms with Crippen molar-refractivity contribution >= 4 is 5.91 Å². The maximum absolute atomic E-state index is 11.8. The predicted octanol–water partition coefficient (Wildman–Crippen LogP) is 5.20. The number of rotatable bonds is 15. The highest BCUT2D eigenvalue weighted by Gasteiger charge is 2.20. The van der Waals surface area contributed by atoms with E-state index in [9.17, 15) is 4.79 Å². The van der Waals surface area contributed by atoms with Crippen LogP contribution in [0.25, 0.3) is 0 Å². The minimum atomic E-state index is -0.325. The van der Waals surface area contributed by atoms with E-state index in [0.717, 1.165) is 32.0 Å². The molecule has 0 rings (SSSR count). The number of amides is 1. The number of carbonyl (C=O) groups is 1. The standard InChI is InChI=1S/C22H45NO3/c1-8-9-12-19(2)13-10-15-25-17-22(6,7)18-26-16-11-14-23-20(24)21(3,4)5/h19H,8-18H2,1-7H3,(H,23,24). The Labute approximate surface area is 162 Å². The zero-order valence-corrected chi connectivity index (χ0v) is 18.6. The van der Waals surface area contributed by atoms with E-state index < -0.39 is 0 Å². The highest BCUT2D eigenvalue weighted by atomic mass is 16.5. The third-order valence-electron chi connectivity index (χ3n) is 4.45. The summed E-state index contributed by atoms with van der Waals surface area (Å²) in [5.41, 5.74) is -0.295. The first-order chi connectivity index (χ1) is 12.1. The summed E-state index contributed by atoms with van der Waals surface area (Å²) >= 11 is 0. The lowest BCUT2D eigenvalue weighted by Gasteiger charge is -2.24. The molecule has 0 spiro atoms. The summed E-state index contributed by atoms with van der Waals surface area (Å²) in [6, 6.07) is 0. The van der Waals surface area contributed by atoms with E-state index in [1.807, 2.05) is 20.8 Å². The van der Waals surface area contributed by atoms with Crippen molar-refractivity contribution in [2.45, 2.75) is 87.0 Å². The molecule has 4 heteroatoms. The Kier molecular flexibility index (Phi) is 13.2. The van der Waals surface area contributed by atoms with Crippen LogP contribution in [-0.2, 0) is 14.3 Å². The molecule has 0 aromatic heterocycles. The number of hydrogen-bond donors (Lipinski definition) is 1. The third kappa shape index (κ3) is 14.5. The van der Waals surface area contributed by atoms with Crippen molar-refractivity contribution < 1.29 is 14.3 Å². The Morgan fingerprint density at radius 3 is 2.00 bits per heavy atom. The third-order valence-corrected chi connectivity index (χ3v) is 4.45. The van der Waals surface area contributed by atoms with Crippen LogP contribution in [0.3, 0.4) is 0 Å². The van der Waals surface area contributed by atoms with Crippen molar-refractivity contribution in [3.05, 3.63) is 0 Å². The van der Waals surface area contributed by atoms with Gasteiger partial charge in [-0.2, -0.15) is 0 Å². The molecule has 0 aliphatic heterocycles. The normalized spacial score (nSPS) is 13.7. The van der Waals surface area contributed by atoms with Gasteiger partial charge in [0, 0.05) is 30.6 Å². The van der Waals surface area contributed by atoms with Crippen molar-refractivity contribution in [1.82, 2.24) is 5.32 Å². The van der Waals surface area contributed by atoms with Gasteiger partial charge in [-0.15, -0.1) is 0 Å². The molecule has 26 heavy (non-hydrogen) atoms. The molecule has 156 valence electrons. The van der Waals surface area contributed by atoms with Crippen LogP contribution in [0.5, 0.6) is 0 Å². The van der Waals surface area contributed by atoms with E-state index in [0.29, 0.717) is 19.8 Å². The minimum absolute atomic E-state index is 0.0302. The van der Waals surface area contributed by atoms with Gasteiger partial charge in [0.05, 0.1) is 13.2 Å². The number of hydrogen-bond acceptors (Lipinski definition) is 3. The quantitative estimate of drug-likeness (QED) is 0.402. The smallest absolute Gasteiger partial charge is 0.225 e. The van der Waals surface area contributed by atoms with Crippen LogP contribution in [-0.4, -0.2) is 38.9 Å². The fraction of sp³-hybridized carbons (Fsp3) is 0.955. The van der Waals surface area contributed by atoms with Crippen LogP contribution >= 0.6 is 0 Å². The molecule has 1 N–H and O–H groups in total. The minimum Gasteiger partial charge on any atom is -0.381 e. The number of nitrogens with one attached hydrogen (secondary N) is 1. The van der Waals surface area contributed by atoms with E-state index in [4.69, 9.17) is 9.47 Å². The molecule has 0 radical (unpaired) electrons. The van der Waals surface area contributed by atoms with Gasteiger partial charge in [0.1, 0.15) is 0 Å². The first-order valence-electron chi connectivity index (χ1n) is 10.5. The average Bonchev–Trinajstić information content (AvgIpc) is 2.54. The Balaban J connectivity index is 3.62. The molecule has 0 saturated carbocycles.